The fourth-order valence-corrected chi connectivity index (χ4v) is 3.47. The summed E-state index contributed by atoms with van der Waals surface area (Å²) in [6.45, 7) is 9.35. The Balaban J connectivity index is 0.00000240. The van der Waals surface area contributed by atoms with Crippen LogP contribution in [0.4, 0.5) is 0 Å². The number of hydrogen-bond acceptors (Lipinski definition) is 3. The van der Waals surface area contributed by atoms with Crippen LogP contribution in [0.5, 0.6) is 0 Å². The standard InChI is InChI=1S/C24H30N4O.2ClH/c1-16(2)19-8-10-20(11-9-19)23(25)14-27-24(29)22-13-17(3)28(18(22)4)15-21-7-5-6-12-26-21;;/h5-13,16,23H,14-15,25H2,1-4H3,(H,27,29);2*1H. The van der Waals surface area contributed by atoms with Crippen molar-refractivity contribution in [3.05, 3.63) is 88.5 Å². The first-order chi connectivity index (χ1) is 13.9. The van der Waals surface area contributed by atoms with E-state index in [2.05, 4.69) is 40.8 Å². The summed E-state index contributed by atoms with van der Waals surface area (Å²) >= 11 is 0. The number of aryl methyl sites for hydroxylation is 1. The minimum absolute atomic E-state index is 0. The van der Waals surface area contributed by atoms with Crippen molar-refractivity contribution >= 4 is 30.7 Å². The van der Waals surface area contributed by atoms with Crippen LogP contribution in [0.1, 0.15) is 64.4 Å². The van der Waals surface area contributed by atoms with E-state index < -0.39 is 0 Å². The van der Waals surface area contributed by atoms with Gasteiger partial charge in [0.05, 0.1) is 17.8 Å². The first kappa shape index (κ1) is 26.7. The second-order valence-electron chi connectivity index (χ2n) is 7.83. The number of rotatable bonds is 7. The number of carbonyl (C=O) groups is 1. The molecule has 31 heavy (non-hydrogen) atoms. The number of nitrogens with zero attached hydrogens (tertiary/aromatic N) is 2. The summed E-state index contributed by atoms with van der Waals surface area (Å²) in [5.74, 6) is 0.390. The highest BCUT2D eigenvalue weighted by Crippen LogP contribution is 2.19. The van der Waals surface area contributed by atoms with E-state index in [-0.39, 0.29) is 36.8 Å². The molecule has 0 spiro atoms. The Morgan fingerprint density at radius 2 is 1.71 bits per heavy atom. The van der Waals surface area contributed by atoms with Crippen LogP contribution in [-0.4, -0.2) is 22.0 Å². The molecule has 168 valence electrons. The lowest BCUT2D eigenvalue weighted by Gasteiger charge is -2.15. The van der Waals surface area contributed by atoms with E-state index in [0.717, 1.165) is 22.6 Å². The number of amides is 1. The molecule has 0 fully saturated rings. The molecule has 3 aromatic rings. The van der Waals surface area contributed by atoms with Gasteiger partial charge in [-0.05, 0) is 49.1 Å². The van der Waals surface area contributed by atoms with Gasteiger partial charge >= 0.3 is 0 Å². The van der Waals surface area contributed by atoms with Crippen molar-refractivity contribution in [1.29, 1.82) is 0 Å². The van der Waals surface area contributed by atoms with Crippen molar-refractivity contribution in [3.63, 3.8) is 0 Å². The Bertz CT molecular complexity index is 969. The molecule has 1 unspecified atom stereocenters. The molecule has 0 aliphatic carbocycles. The van der Waals surface area contributed by atoms with Gasteiger partial charge in [0.25, 0.3) is 5.91 Å². The normalized spacial score (nSPS) is 11.4. The summed E-state index contributed by atoms with van der Waals surface area (Å²) < 4.78 is 2.11. The lowest BCUT2D eigenvalue weighted by molar-refractivity contribution is 0.0950. The van der Waals surface area contributed by atoms with E-state index >= 15 is 0 Å². The second-order valence-corrected chi connectivity index (χ2v) is 7.83. The minimum Gasteiger partial charge on any atom is -0.350 e. The third-order valence-electron chi connectivity index (χ3n) is 5.38. The van der Waals surface area contributed by atoms with Crippen molar-refractivity contribution < 1.29 is 4.79 Å². The van der Waals surface area contributed by atoms with Gasteiger partial charge in [0, 0.05) is 30.2 Å². The van der Waals surface area contributed by atoms with E-state index in [1.54, 1.807) is 6.20 Å². The first-order valence-electron chi connectivity index (χ1n) is 10.1. The molecule has 0 radical (unpaired) electrons. The molecule has 0 saturated heterocycles. The van der Waals surface area contributed by atoms with Gasteiger partial charge in [0.15, 0.2) is 0 Å². The Morgan fingerprint density at radius 3 is 2.29 bits per heavy atom. The van der Waals surface area contributed by atoms with Crippen LogP contribution in [0.3, 0.4) is 0 Å². The monoisotopic (exact) mass is 462 g/mol. The van der Waals surface area contributed by atoms with Gasteiger partial charge in [-0.15, -0.1) is 24.8 Å². The number of pyridine rings is 1. The highest BCUT2D eigenvalue weighted by atomic mass is 35.5. The maximum absolute atomic E-state index is 12.8. The largest absolute Gasteiger partial charge is 0.350 e. The first-order valence-corrected chi connectivity index (χ1v) is 10.1. The number of benzene rings is 1. The topological polar surface area (TPSA) is 72.9 Å². The maximum atomic E-state index is 12.8. The second kappa shape index (κ2) is 11.9. The molecule has 1 atom stereocenters. The predicted molar refractivity (Wildman–Crippen MR) is 132 cm³/mol. The number of halogens is 2. The smallest absolute Gasteiger partial charge is 0.253 e. The van der Waals surface area contributed by atoms with Crippen molar-refractivity contribution in [2.24, 2.45) is 5.73 Å². The molecule has 1 amide bonds. The van der Waals surface area contributed by atoms with E-state index in [4.69, 9.17) is 5.73 Å². The zero-order valence-corrected chi connectivity index (χ0v) is 20.1. The van der Waals surface area contributed by atoms with Crippen molar-refractivity contribution in [1.82, 2.24) is 14.9 Å². The summed E-state index contributed by atoms with van der Waals surface area (Å²) in [6, 6.07) is 15.8. The van der Waals surface area contributed by atoms with Crippen LogP contribution in [-0.2, 0) is 6.54 Å². The molecule has 0 aliphatic rings. The quantitative estimate of drug-likeness (QED) is 0.521. The highest BCUT2D eigenvalue weighted by Gasteiger charge is 2.17. The van der Waals surface area contributed by atoms with E-state index in [9.17, 15) is 4.79 Å². The Kier molecular flexibility index (Phi) is 10.2. The van der Waals surface area contributed by atoms with Gasteiger partial charge in [-0.25, -0.2) is 0 Å². The van der Waals surface area contributed by atoms with Crippen molar-refractivity contribution in [3.8, 4) is 0 Å². The lowest BCUT2D eigenvalue weighted by atomic mass is 9.99. The summed E-state index contributed by atoms with van der Waals surface area (Å²) in [4.78, 5) is 17.1. The zero-order valence-electron chi connectivity index (χ0n) is 18.5. The third kappa shape index (κ3) is 6.57. The summed E-state index contributed by atoms with van der Waals surface area (Å²) in [5.41, 5.74) is 12.2. The highest BCUT2D eigenvalue weighted by molar-refractivity contribution is 5.95. The van der Waals surface area contributed by atoms with Crippen LogP contribution >= 0.6 is 24.8 Å². The summed E-state index contributed by atoms with van der Waals surface area (Å²) in [7, 11) is 0. The number of aromatic nitrogens is 2. The van der Waals surface area contributed by atoms with Gasteiger partial charge in [-0.2, -0.15) is 0 Å². The van der Waals surface area contributed by atoms with Gasteiger partial charge < -0.3 is 15.6 Å². The number of hydrogen-bond donors (Lipinski definition) is 2. The minimum atomic E-state index is -0.239. The van der Waals surface area contributed by atoms with Gasteiger partial charge in [0.2, 0.25) is 0 Å². The number of carbonyl (C=O) groups excluding carboxylic acids is 1. The SMILES string of the molecule is Cc1cc(C(=O)NCC(N)c2ccc(C(C)C)cc2)c(C)n1Cc1ccccn1.Cl.Cl. The molecule has 0 bridgehead atoms. The molecule has 1 aromatic carbocycles. The molecule has 0 aliphatic heterocycles. The average molecular weight is 463 g/mol. The molecule has 5 nitrogen and oxygen atoms in total. The van der Waals surface area contributed by atoms with Gasteiger partial charge in [-0.3, -0.25) is 9.78 Å². The maximum Gasteiger partial charge on any atom is 0.253 e. The Morgan fingerprint density at radius 1 is 1.06 bits per heavy atom. The Labute approximate surface area is 197 Å². The molecule has 3 N–H and O–H groups in total. The van der Waals surface area contributed by atoms with Crippen LogP contribution in [0.15, 0.2) is 54.7 Å². The number of nitrogens with two attached hydrogens (primary N) is 1. The van der Waals surface area contributed by atoms with E-state index in [1.165, 1.54) is 5.56 Å². The molecule has 2 aromatic heterocycles. The summed E-state index contributed by atoms with van der Waals surface area (Å²) in [5, 5.41) is 2.99. The Hall–Kier alpha value is -2.34. The van der Waals surface area contributed by atoms with Crippen LogP contribution in [0.2, 0.25) is 0 Å². The van der Waals surface area contributed by atoms with Crippen molar-refractivity contribution in [2.75, 3.05) is 6.54 Å². The molecule has 0 saturated carbocycles. The molecule has 7 heteroatoms. The third-order valence-corrected chi connectivity index (χ3v) is 5.38. The van der Waals surface area contributed by atoms with E-state index in [1.807, 2.05) is 50.2 Å². The van der Waals surface area contributed by atoms with Crippen LogP contribution < -0.4 is 11.1 Å². The van der Waals surface area contributed by atoms with Gasteiger partial charge in [0.1, 0.15) is 0 Å². The number of nitrogens with one attached hydrogen (secondary N) is 1. The van der Waals surface area contributed by atoms with Crippen LogP contribution in [0.25, 0.3) is 0 Å². The summed E-state index contributed by atoms with van der Waals surface area (Å²) in [6.07, 6.45) is 1.78. The molecule has 2 heterocycles. The zero-order chi connectivity index (χ0) is 21.0. The fourth-order valence-electron chi connectivity index (χ4n) is 3.47. The molecule has 3 rings (SSSR count). The lowest BCUT2D eigenvalue weighted by Crippen LogP contribution is -2.32. The van der Waals surface area contributed by atoms with Crippen LogP contribution in [0, 0.1) is 13.8 Å². The van der Waals surface area contributed by atoms with E-state index in [0.29, 0.717) is 24.6 Å². The molecular formula is C24H32Cl2N4O. The van der Waals surface area contributed by atoms with Gasteiger partial charge in [-0.1, -0.05) is 44.2 Å². The fraction of sp³-hybridized carbons (Fsp3) is 0.333. The van der Waals surface area contributed by atoms with Crippen molar-refractivity contribution in [2.45, 2.75) is 46.2 Å². The molecular weight excluding hydrogens is 431 g/mol. The predicted octanol–water partition coefficient (Wildman–Crippen LogP) is 4.95. The average Bonchev–Trinajstić information content (AvgIpc) is 3.01.